The molecular formula is C9H16O. The minimum atomic E-state index is 0.641. The molecule has 0 bridgehead atoms. The van der Waals surface area contributed by atoms with Crippen molar-refractivity contribution in [2.75, 3.05) is 0 Å². The average Bonchev–Trinajstić information content (AvgIpc) is 1.97. The van der Waals surface area contributed by atoms with Crippen LogP contribution in [0.25, 0.3) is 0 Å². The molecule has 0 spiro atoms. The van der Waals surface area contributed by atoms with Crippen molar-refractivity contribution in [3.63, 3.8) is 0 Å². The van der Waals surface area contributed by atoms with E-state index in [9.17, 15) is 4.79 Å². The van der Waals surface area contributed by atoms with Crippen molar-refractivity contribution in [2.45, 2.75) is 39.0 Å². The van der Waals surface area contributed by atoms with Gasteiger partial charge in [0.25, 0.3) is 0 Å². The summed E-state index contributed by atoms with van der Waals surface area (Å²) in [6, 6.07) is 0. The lowest BCUT2D eigenvalue weighted by Crippen LogP contribution is -1.83. The second-order valence-corrected chi connectivity index (χ2v) is 2.56. The summed E-state index contributed by atoms with van der Waals surface area (Å²) in [6.45, 7) is 6.03. The molecule has 58 valence electrons. The molecule has 1 heteroatoms. The van der Waals surface area contributed by atoms with Crippen LogP contribution in [-0.2, 0) is 4.79 Å². The van der Waals surface area contributed by atoms with E-state index >= 15 is 0 Å². The molecular weight excluding hydrogens is 124 g/mol. The number of aldehydes is 1. The van der Waals surface area contributed by atoms with Gasteiger partial charge in [0.05, 0.1) is 0 Å². The van der Waals surface area contributed by atoms with Gasteiger partial charge in [0.15, 0.2) is 0 Å². The zero-order valence-corrected chi connectivity index (χ0v) is 6.73. The summed E-state index contributed by atoms with van der Waals surface area (Å²) >= 11 is 0. The predicted octanol–water partition coefficient (Wildman–Crippen LogP) is 2.71. The smallest absolute Gasteiger partial charge is 0.120 e. The van der Waals surface area contributed by atoms with Gasteiger partial charge >= 0.3 is 0 Å². The van der Waals surface area contributed by atoms with Crippen LogP contribution in [0.1, 0.15) is 39.0 Å². The van der Waals surface area contributed by atoms with E-state index in [1.165, 1.54) is 18.4 Å². The van der Waals surface area contributed by atoms with Crippen molar-refractivity contribution < 1.29 is 4.79 Å². The van der Waals surface area contributed by atoms with E-state index in [1.54, 1.807) is 0 Å². The SMILES string of the molecule is C=C(CCC=O)CCCC. The summed E-state index contributed by atoms with van der Waals surface area (Å²) in [5, 5.41) is 0. The van der Waals surface area contributed by atoms with Gasteiger partial charge in [-0.05, 0) is 19.3 Å². The average molecular weight is 140 g/mol. The number of carbonyl (C=O) groups is 1. The van der Waals surface area contributed by atoms with Gasteiger partial charge in [-0.1, -0.05) is 25.5 Å². The molecule has 0 aliphatic carbocycles. The largest absolute Gasteiger partial charge is 0.303 e. The summed E-state index contributed by atoms with van der Waals surface area (Å²) < 4.78 is 0. The Morgan fingerprint density at radius 3 is 2.70 bits per heavy atom. The van der Waals surface area contributed by atoms with E-state index in [2.05, 4.69) is 13.5 Å². The quantitative estimate of drug-likeness (QED) is 0.409. The number of rotatable bonds is 6. The fourth-order valence-electron chi connectivity index (χ4n) is 0.815. The molecule has 0 aromatic heterocycles. The second-order valence-electron chi connectivity index (χ2n) is 2.56. The third-order valence-corrected chi connectivity index (χ3v) is 1.50. The van der Waals surface area contributed by atoms with Crippen molar-refractivity contribution in [1.29, 1.82) is 0 Å². The maximum atomic E-state index is 9.94. The summed E-state index contributed by atoms with van der Waals surface area (Å²) in [5.74, 6) is 0. The normalized spacial score (nSPS) is 9.30. The van der Waals surface area contributed by atoms with Gasteiger partial charge in [-0.2, -0.15) is 0 Å². The van der Waals surface area contributed by atoms with Gasteiger partial charge < -0.3 is 4.79 Å². The van der Waals surface area contributed by atoms with Crippen LogP contribution in [0.2, 0.25) is 0 Å². The molecule has 0 unspecified atom stereocenters. The molecule has 0 saturated heterocycles. The van der Waals surface area contributed by atoms with E-state index in [-0.39, 0.29) is 0 Å². The minimum absolute atomic E-state index is 0.641. The molecule has 0 fully saturated rings. The topological polar surface area (TPSA) is 17.1 Å². The molecule has 0 aliphatic heterocycles. The first-order chi connectivity index (χ1) is 4.81. The fourth-order valence-corrected chi connectivity index (χ4v) is 0.815. The standard InChI is InChI=1S/C9H16O/c1-3-4-6-9(2)7-5-8-10/h8H,2-7H2,1H3. The number of unbranched alkanes of at least 4 members (excludes halogenated alkanes) is 1. The predicted molar refractivity (Wildman–Crippen MR) is 44.0 cm³/mol. The first-order valence-corrected chi connectivity index (χ1v) is 3.91. The van der Waals surface area contributed by atoms with Crippen molar-refractivity contribution >= 4 is 6.29 Å². The highest BCUT2D eigenvalue weighted by Crippen LogP contribution is 2.09. The van der Waals surface area contributed by atoms with Crippen LogP contribution in [0, 0.1) is 0 Å². The summed E-state index contributed by atoms with van der Waals surface area (Å²) in [6.07, 6.45) is 5.98. The highest BCUT2D eigenvalue weighted by molar-refractivity contribution is 5.49. The summed E-state index contributed by atoms with van der Waals surface area (Å²) in [5.41, 5.74) is 1.22. The van der Waals surface area contributed by atoms with Crippen molar-refractivity contribution in [3.05, 3.63) is 12.2 Å². The van der Waals surface area contributed by atoms with Crippen LogP contribution in [0.3, 0.4) is 0 Å². The molecule has 1 nitrogen and oxygen atoms in total. The van der Waals surface area contributed by atoms with Crippen LogP contribution < -0.4 is 0 Å². The molecule has 0 rings (SSSR count). The van der Waals surface area contributed by atoms with E-state index in [1.807, 2.05) is 0 Å². The van der Waals surface area contributed by atoms with Crippen molar-refractivity contribution in [1.82, 2.24) is 0 Å². The van der Waals surface area contributed by atoms with Crippen LogP contribution in [0.5, 0.6) is 0 Å². The Kier molecular flexibility index (Phi) is 6.14. The van der Waals surface area contributed by atoms with Gasteiger partial charge in [0, 0.05) is 6.42 Å². The van der Waals surface area contributed by atoms with Crippen LogP contribution in [-0.4, -0.2) is 6.29 Å². The van der Waals surface area contributed by atoms with Gasteiger partial charge in [0.1, 0.15) is 6.29 Å². The Balaban J connectivity index is 3.16. The minimum Gasteiger partial charge on any atom is -0.303 e. The van der Waals surface area contributed by atoms with E-state index in [0.29, 0.717) is 6.42 Å². The molecule has 0 radical (unpaired) electrons. The van der Waals surface area contributed by atoms with E-state index in [4.69, 9.17) is 0 Å². The number of allylic oxidation sites excluding steroid dienone is 1. The summed E-state index contributed by atoms with van der Waals surface area (Å²) in [4.78, 5) is 9.94. The first-order valence-electron chi connectivity index (χ1n) is 3.91. The van der Waals surface area contributed by atoms with Gasteiger partial charge in [0.2, 0.25) is 0 Å². The van der Waals surface area contributed by atoms with E-state index in [0.717, 1.165) is 19.1 Å². The lowest BCUT2D eigenvalue weighted by molar-refractivity contribution is -0.107. The molecule has 0 amide bonds. The first kappa shape index (κ1) is 9.41. The van der Waals surface area contributed by atoms with Gasteiger partial charge in [-0.3, -0.25) is 0 Å². The summed E-state index contributed by atoms with van der Waals surface area (Å²) in [7, 11) is 0. The number of hydrogen-bond donors (Lipinski definition) is 0. The highest BCUT2D eigenvalue weighted by Gasteiger charge is 1.91. The zero-order chi connectivity index (χ0) is 7.82. The van der Waals surface area contributed by atoms with Crippen LogP contribution >= 0.6 is 0 Å². The lowest BCUT2D eigenvalue weighted by atomic mass is 10.1. The monoisotopic (exact) mass is 140 g/mol. The Morgan fingerprint density at radius 2 is 2.20 bits per heavy atom. The van der Waals surface area contributed by atoms with Gasteiger partial charge in [-0.15, -0.1) is 0 Å². The van der Waals surface area contributed by atoms with Crippen molar-refractivity contribution in [2.24, 2.45) is 0 Å². The molecule has 0 atom stereocenters. The third kappa shape index (κ3) is 5.54. The molecule has 0 saturated carbocycles. The Bertz CT molecular complexity index is 105. The van der Waals surface area contributed by atoms with E-state index < -0.39 is 0 Å². The van der Waals surface area contributed by atoms with Gasteiger partial charge in [-0.25, -0.2) is 0 Å². The molecule has 0 N–H and O–H groups in total. The van der Waals surface area contributed by atoms with Crippen LogP contribution in [0.15, 0.2) is 12.2 Å². The second kappa shape index (κ2) is 6.53. The number of carbonyl (C=O) groups excluding carboxylic acids is 1. The Morgan fingerprint density at radius 1 is 1.50 bits per heavy atom. The molecule has 0 aliphatic rings. The Hall–Kier alpha value is -0.590. The molecule has 0 heterocycles. The molecule has 0 aromatic rings. The number of hydrogen-bond acceptors (Lipinski definition) is 1. The Labute approximate surface area is 63.1 Å². The van der Waals surface area contributed by atoms with Crippen LogP contribution in [0.4, 0.5) is 0 Å². The zero-order valence-electron chi connectivity index (χ0n) is 6.73. The fraction of sp³-hybridized carbons (Fsp3) is 0.667. The maximum Gasteiger partial charge on any atom is 0.120 e. The highest BCUT2D eigenvalue weighted by atomic mass is 16.1. The molecule has 0 aromatic carbocycles. The lowest BCUT2D eigenvalue weighted by Gasteiger charge is -1.99. The van der Waals surface area contributed by atoms with Crippen molar-refractivity contribution in [3.8, 4) is 0 Å². The molecule has 10 heavy (non-hydrogen) atoms. The third-order valence-electron chi connectivity index (χ3n) is 1.50. The maximum absolute atomic E-state index is 9.94.